The van der Waals surface area contributed by atoms with Gasteiger partial charge >= 0.3 is 0 Å². The lowest BCUT2D eigenvalue weighted by Crippen LogP contribution is -2.14. The van der Waals surface area contributed by atoms with E-state index in [0.29, 0.717) is 10.7 Å². The van der Waals surface area contributed by atoms with Gasteiger partial charge in [-0.2, -0.15) is 0 Å². The highest BCUT2D eigenvalue weighted by Gasteiger charge is 2.08. The maximum absolute atomic E-state index is 12.0. The van der Waals surface area contributed by atoms with Crippen molar-refractivity contribution in [1.82, 2.24) is 9.97 Å². The standard InChI is InChI=1S/C15H11BrClN3OS/c16-10-7-9(5-6-11(10)17)18-14(21)8-22-15-19-12-3-1-2-4-13(12)20-15/h1-7H,8H2,(H,18,21)(H,19,20). The molecule has 0 fully saturated rings. The number of hydrogen-bond donors (Lipinski definition) is 2. The van der Waals surface area contributed by atoms with Crippen molar-refractivity contribution in [2.75, 3.05) is 11.1 Å². The van der Waals surface area contributed by atoms with Crippen LogP contribution in [0.3, 0.4) is 0 Å². The first-order valence-corrected chi connectivity index (χ1v) is 8.60. The summed E-state index contributed by atoms with van der Waals surface area (Å²) in [6.07, 6.45) is 0. The molecule has 3 aromatic rings. The van der Waals surface area contributed by atoms with Crippen LogP contribution in [0.1, 0.15) is 0 Å². The number of carbonyl (C=O) groups excluding carboxylic acids is 1. The summed E-state index contributed by atoms with van der Waals surface area (Å²) in [5, 5.41) is 4.16. The van der Waals surface area contributed by atoms with Crippen LogP contribution >= 0.6 is 39.3 Å². The fourth-order valence-corrected chi connectivity index (χ4v) is 3.08. The van der Waals surface area contributed by atoms with Crippen LogP contribution in [-0.4, -0.2) is 21.6 Å². The summed E-state index contributed by atoms with van der Waals surface area (Å²) < 4.78 is 0.747. The number of thioether (sulfide) groups is 1. The van der Waals surface area contributed by atoms with Gasteiger partial charge < -0.3 is 10.3 Å². The van der Waals surface area contributed by atoms with Gasteiger partial charge in [0.1, 0.15) is 0 Å². The van der Waals surface area contributed by atoms with Crippen LogP contribution in [0.2, 0.25) is 5.02 Å². The number of aromatic amines is 1. The van der Waals surface area contributed by atoms with Crippen molar-refractivity contribution in [1.29, 1.82) is 0 Å². The number of imidazole rings is 1. The topological polar surface area (TPSA) is 57.8 Å². The van der Waals surface area contributed by atoms with E-state index in [0.717, 1.165) is 20.7 Å². The fourth-order valence-electron chi connectivity index (χ4n) is 1.90. The van der Waals surface area contributed by atoms with Gasteiger partial charge in [0.15, 0.2) is 5.16 Å². The fraction of sp³-hybridized carbons (Fsp3) is 0.0667. The average Bonchev–Trinajstić information content (AvgIpc) is 2.92. The number of para-hydroxylation sites is 2. The second kappa shape index (κ2) is 6.73. The van der Waals surface area contributed by atoms with E-state index < -0.39 is 0 Å². The van der Waals surface area contributed by atoms with Crippen molar-refractivity contribution in [2.24, 2.45) is 0 Å². The summed E-state index contributed by atoms with van der Waals surface area (Å²) in [6.45, 7) is 0. The predicted molar refractivity (Wildman–Crippen MR) is 94.6 cm³/mol. The second-order valence-electron chi connectivity index (χ2n) is 4.52. The first-order chi connectivity index (χ1) is 10.6. The van der Waals surface area contributed by atoms with Crippen molar-refractivity contribution >= 4 is 61.9 Å². The van der Waals surface area contributed by atoms with Crippen molar-refractivity contribution in [3.8, 4) is 0 Å². The summed E-state index contributed by atoms with van der Waals surface area (Å²) in [6, 6.07) is 13.0. The Labute approximate surface area is 144 Å². The second-order valence-corrected chi connectivity index (χ2v) is 6.75. The van der Waals surface area contributed by atoms with Gasteiger partial charge in [0.05, 0.1) is 21.8 Å². The van der Waals surface area contributed by atoms with Crippen LogP contribution in [0.15, 0.2) is 52.1 Å². The van der Waals surface area contributed by atoms with Gasteiger partial charge in [-0.05, 0) is 46.3 Å². The van der Waals surface area contributed by atoms with Crippen LogP contribution in [-0.2, 0) is 4.79 Å². The molecule has 22 heavy (non-hydrogen) atoms. The minimum atomic E-state index is -0.0975. The first kappa shape index (κ1) is 15.4. The highest BCUT2D eigenvalue weighted by Crippen LogP contribution is 2.26. The van der Waals surface area contributed by atoms with Crippen molar-refractivity contribution in [3.05, 3.63) is 52.0 Å². The first-order valence-electron chi connectivity index (χ1n) is 6.44. The van der Waals surface area contributed by atoms with E-state index in [1.807, 2.05) is 24.3 Å². The highest BCUT2D eigenvalue weighted by atomic mass is 79.9. The number of amides is 1. The minimum Gasteiger partial charge on any atom is -0.333 e. The van der Waals surface area contributed by atoms with Crippen LogP contribution in [0.25, 0.3) is 11.0 Å². The van der Waals surface area contributed by atoms with E-state index >= 15 is 0 Å². The number of benzene rings is 2. The number of rotatable bonds is 4. The number of anilines is 1. The number of nitrogens with one attached hydrogen (secondary N) is 2. The van der Waals surface area contributed by atoms with Gasteiger partial charge in [0, 0.05) is 10.2 Å². The molecule has 0 saturated carbocycles. The van der Waals surface area contributed by atoms with Gasteiger partial charge in [0.25, 0.3) is 0 Å². The quantitative estimate of drug-likeness (QED) is 0.628. The molecule has 0 aliphatic carbocycles. The molecule has 0 aliphatic heterocycles. The number of nitrogens with zero attached hydrogens (tertiary/aromatic N) is 1. The van der Waals surface area contributed by atoms with Crippen LogP contribution in [0.4, 0.5) is 5.69 Å². The zero-order valence-electron chi connectivity index (χ0n) is 11.3. The third kappa shape index (κ3) is 3.63. The molecule has 7 heteroatoms. The average molecular weight is 397 g/mol. The van der Waals surface area contributed by atoms with Gasteiger partial charge in [-0.1, -0.05) is 35.5 Å². The summed E-state index contributed by atoms with van der Waals surface area (Å²) in [4.78, 5) is 19.6. The summed E-state index contributed by atoms with van der Waals surface area (Å²) in [5.41, 5.74) is 2.56. The summed E-state index contributed by atoms with van der Waals surface area (Å²) in [7, 11) is 0. The summed E-state index contributed by atoms with van der Waals surface area (Å²) in [5.74, 6) is 0.180. The Balaban J connectivity index is 1.60. The van der Waals surface area contributed by atoms with E-state index in [1.165, 1.54) is 11.8 Å². The Morgan fingerprint density at radius 2 is 2.14 bits per heavy atom. The lowest BCUT2D eigenvalue weighted by Gasteiger charge is -2.05. The van der Waals surface area contributed by atoms with Gasteiger partial charge in [-0.25, -0.2) is 4.98 Å². The van der Waals surface area contributed by atoms with E-state index in [-0.39, 0.29) is 11.7 Å². The molecule has 0 radical (unpaired) electrons. The molecule has 1 amide bonds. The van der Waals surface area contributed by atoms with Crippen molar-refractivity contribution in [2.45, 2.75) is 5.16 Å². The number of hydrogen-bond acceptors (Lipinski definition) is 3. The van der Waals surface area contributed by atoms with E-state index in [2.05, 4.69) is 31.2 Å². The Morgan fingerprint density at radius 3 is 2.91 bits per heavy atom. The van der Waals surface area contributed by atoms with Gasteiger partial charge in [0.2, 0.25) is 5.91 Å². The lowest BCUT2D eigenvalue weighted by molar-refractivity contribution is -0.113. The molecule has 2 N–H and O–H groups in total. The number of H-pyrrole nitrogens is 1. The smallest absolute Gasteiger partial charge is 0.234 e. The molecule has 2 aromatic carbocycles. The molecule has 0 saturated heterocycles. The van der Waals surface area contributed by atoms with Gasteiger partial charge in [-0.3, -0.25) is 4.79 Å². The predicted octanol–water partition coefficient (Wildman–Crippen LogP) is 4.71. The third-order valence-electron chi connectivity index (χ3n) is 2.91. The largest absolute Gasteiger partial charge is 0.333 e. The zero-order valence-corrected chi connectivity index (χ0v) is 14.4. The molecule has 0 atom stereocenters. The maximum Gasteiger partial charge on any atom is 0.234 e. The Kier molecular flexibility index (Phi) is 4.71. The summed E-state index contributed by atoms with van der Waals surface area (Å²) >= 11 is 10.6. The Morgan fingerprint density at radius 1 is 1.32 bits per heavy atom. The molecule has 0 bridgehead atoms. The normalized spacial score (nSPS) is 10.8. The molecule has 1 heterocycles. The van der Waals surface area contributed by atoms with Crippen molar-refractivity contribution in [3.63, 3.8) is 0 Å². The minimum absolute atomic E-state index is 0.0975. The molecule has 1 aromatic heterocycles. The SMILES string of the molecule is O=C(CSc1nc2ccccc2[nH]1)Nc1ccc(Cl)c(Br)c1. The highest BCUT2D eigenvalue weighted by molar-refractivity contribution is 9.10. The van der Waals surface area contributed by atoms with E-state index in [9.17, 15) is 4.79 Å². The molecule has 0 spiro atoms. The molecule has 0 unspecified atom stereocenters. The Bertz CT molecular complexity index is 804. The van der Waals surface area contributed by atoms with Crippen LogP contribution in [0.5, 0.6) is 0 Å². The van der Waals surface area contributed by atoms with Crippen LogP contribution < -0.4 is 5.32 Å². The molecular formula is C15H11BrClN3OS. The monoisotopic (exact) mass is 395 g/mol. The Hall–Kier alpha value is -1.50. The van der Waals surface area contributed by atoms with Crippen LogP contribution in [0, 0.1) is 0 Å². The number of carbonyl (C=O) groups is 1. The third-order valence-corrected chi connectivity index (χ3v) is 5.00. The molecule has 112 valence electrons. The molecule has 0 aliphatic rings. The number of aromatic nitrogens is 2. The molecular weight excluding hydrogens is 386 g/mol. The van der Waals surface area contributed by atoms with E-state index in [4.69, 9.17) is 11.6 Å². The van der Waals surface area contributed by atoms with Crippen molar-refractivity contribution < 1.29 is 4.79 Å². The molecule has 3 rings (SSSR count). The zero-order chi connectivity index (χ0) is 15.5. The van der Waals surface area contributed by atoms with Gasteiger partial charge in [-0.15, -0.1) is 0 Å². The lowest BCUT2D eigenvalue weighted by atomic mass is 10.3. The molecule has 4 nitrogen and oxygen atoms in total. The number of halogens is 2. The maximum atomic E-state index is 12.0. The van der Waals surface area contributed by atoms with E-state index in [1.54, 1.807) is 18.2 Å². The number of fused-ring (bicyclic) bond motifs is 1.